The van der Waals surface area contributed by atoms with Crippen molar-refractivity contribution >= 4 is 17.1 Å². The molecule has 0 bridgehead atoms. The first-order valence-electron chi connectivity index (χ1n) is 14.0. The summed E-state index contributed by atoms with van der Waals surface area (Å²) < 4.78 is 0. The zero-order valence-corrected chi connectivity index (χ0v) is 22.8. The van der Waals surface area contributed by atoms with Gasteiger partial charge in [-0.15, -0.1) is 0 Å². The van der Waals surface area contributed by atoms with Crippen LogP contribution < -0.4 is 5.73 Å². The van der Waals surface area contributed by atoms with Gasteiger partial charge in [-0.3, -0.25) is 4.79 Å². The zero-order valence-electron chi connectivity index (χ0n) is 22.8. The Hall–Kier alpha value is -3.67. The molecule has 0 aromatic heterocycles. The molecule has 39 heavy (non-hydrogen) atoms. The first-order valence-corrected chi connectivity index (χ1v) is 14.0. The van der Waals surface area contributed by atoms with E-state index < -0.39 is 5.60 Å². The molecule has 1 amide bonds. The van der Waals surface area contributed by atoms with Crippen molar-refractivity contribution in [3.8, 4) is 0 Å². The van der Waals surface area contributed by atoms with Gasteiger partial charge < -0.3 is 20.6 Å². The maximum Gasteiger partial charge on any atom is 0.223 e. The van der Waals surface area contributed by atoms with E-state index in [4.69, 9.17) is 5.73 Å². The summed E-state index contributed by atoms with van der Waals surface area (Å²) in [5, 5.41) is 11.5. The monoisotopic (exact) mass is 521 g/mol. The van der Waals surface area contributed by atoms with Crippen molar-refractivity contribution < 1.29 is 9.90 Å². The standard InChI is InChI=1S/C34H39N3O2/c1-26(28-8-4-2-5-9-28)22-33(38)37-20-17-34(39,18-21-37)25-36-19-16-31(29-10-6-3-7-11-29)32(24-36)30-14-12-27(23-35)13-15-30/h2-16,24,26,39H,17-23,25,35H2,1H3. The lowest BCUT2D eigenvalue weighted by Gasteiger charge is -2.41. The molecule has 3 aromatic carbocycles. The van der Waals surface area contributed by atoms with Gasteiger partial charge in [0.2, 0.25) is 5.91 Å². The number of amides is 1. The lowest BCUT2D eigenvalue weighted by molar-refractivity contribution is -0.136. The maximum absolute atomic E-state index is 13.0. The van der Waals surface area contributed by atoms with Crippen LogP contribution in [0, 0.1) is 0 Å². The van der Waals surface area contributed by atoms with E-state index in [-0.39, 0.29) is 11.8 Å². The fraction of sp³-hybridized carbons (Fsp3) is 0.324. The third kappa shape index (κ3) is 6.49. The summed E-state index contributed by atoms with van der Waals surface area (Å²) in [7, 11) is 0. The number of carbonyl (C=O) groups excluding carboxylic acids is 1. The van der Waals surface area contributed by atoms with Crippen LogP contribution in [0.25, 0.3) is 11.1 Å². The van der Waals surface area contributed by atoms with Crippen molar-refractivity contribution in [3.05, 3.63) is 119 Å². The number of aliphatic hydroxyl groups is 1. The quantitative estimate of drug-likeness (QED) is 0.415. The normalized spacial score (nSPS) is 17.8. The number of benzene rings is 3. The van der Waals surface area contributed by atoms with Gasteiger partial charge >= 0.3 is 0 Å². The van der Waals surface area contributed by atoms with Crippen LogP contribution in [-0.4, -0.2) is 52.6 Å². The van der Waals surface area contributed by atoms with Crippen LogP contribution in [0.5, 0.6) is 0 Å². The molecule has 1 unspecified atom stereocenters. The molecular weight excluding hydrogens is 482 g/mol. The van der Waals surface area contributed by atoms with Gasteiger partial charge in [-0.1, -0.05) is 97.9 Å². The predicted molar refractivity (Wildman–Crippen MR) is 159 cm³/mol. The zero-order chi connectivity index (χ0) is 27.2. The summed E-state index contributed by atoms with van der Waals surface area (Å²) >= 11 is 0. The highest BCUT2D eigenvalue weighted by molar-refractivity contribution is 6.05. The van der Waals surface area contributed by atoms with Crippen LogP contribution in [-0.2, 0) is 11.3 Å². The molecule has 1 saturated heterocycles. The van der Waals surface area contributed by atoms with Gasteiger partial charge in [-0.25, -0.2) is 0 Å². The van der Waals surface area contributed by atoms with E-state index in [0.29, 0.717) is 45.4 Å². The fourth-order valence-electron chi connectivity index (χ4n) is 5.67. The van der Waals surface area contributed by atoms with Crippen LogP contribution in [0.15, 0.2) is 97.2 Å². The summed E-state index contributed by atoms with van der Waals surface area (Å²) in [6, 6.07) is 29.1. The Morgan fingerprint density at radius 2 is 1.51 bits per heavy atom. The fourth-order valence-corrected chi connectivity index (χ4v) is 5.67. The first-order chi connectivity index (χ1) is 18.9. The number of piperidine rings is 1. The molecule has 3 N–H and O–H groups in total. The Bertz CT molecular complexity index is 1310. The smallest absolute Gasteiger partial charge is 0.223 e. The van der Waals surface area contributed by atoms with Crippen molar-refractivity contribution in [2.45, 2.75) is 44.2 Å². The number of allylic oxidation sites excluding steroid dienone is 2. The van der Waals surface area contributed by atoms with E-state index in [1.807, 2.05) is 29.2 Å². The Balaban J connectivity index is 1.25. The summed E-state index contributed by atoms with van der Waals surface area (Å²) in [6.45, 7) is 5.07. The van der Waals surface area contributed by atoms with E-state index in [1.165, 1.54) is 16.7 Å². The molecule has 5 heteroatoms. The molecule has 0 spiro atoms. The number of likely N-dealkylation sites (tertiary alicyclic amines) is 1. The molecular formula is C34H39N3O2. The lowest BCUT2D eigenvalue weighted by atomic mass is 9.88. The highest BCUT2D eigenvalue weighted by Crippen LogP contribution is 2.35. The van der Waals surface area contributed by atoms with Crippen LogP contribution in [0.2, 0.25) is 0 Å². The van der Waals surface area contributed by atoms with Crippen molar-refractivity contribution in [2.75, 3.05) is 26.2 Å². The highest BCUT2D eigenvalue weighted by atomic mass is 16.3. The Labute approximate surface area is 232 Å². The van der Waals surface area contributed by atoms with E-state index in [9.17, 15) is 9.90 Å². The average Bonchev–Trinajstić information content (AvgIpc) is 2.98. The van der Waals surface area contributed by atoms with Gasteiger partial charge in [0.05, 0.1) is 5.60 Å². The maximum atomic E-state index is 13.0. The molecule has 2 heterocycles. The third-order valence-electron chi connectivity index (χ3n) is 8.11. The molecule has 2 aliphatic heterocycles. The minimum Gasteiger partial charge on any atom is -0.388 e. The summed E-state index contributed by atoms with van der Waals surface area (Å²) in [6.07, 6.45) is 6.11. The number of rotatable bonds is 8. The van der Waals surface area contributed by atoms with Gasteiger partial charge in [0.15, 0.2) is 0 Å². The van der Waals surface area contributed by atoms with Crippen molar-refractivity contribution in [3.63, 3.8) is 0 Å². The lowest BCUT2D eigenvalue weighted by Crippen LogP contribution is -2.51. The van der Waals surface area contributed by atoms with Gasteiger partial charge in [-0.05, 0) is 46.6 Å². The van der Waals surface area contributed by atoms with E-state index in [0.717, 1.165) is 23.2 Å². The number of carbonyl (C=O) groups is 1. The van der Waals surface area contributed by atoms with Gasteiger partial charge in [0.25, 0.3) is 0 Å². The minimum atomic E-state index is -0.828. The Kier molecular flexibility index (Phi) is 8.30. The summed E-state index contributed by atoms with van der Waals surface area (Å²) in [4.78, 5) is 17.2. The predicted octanol–water partition coefficient (Wildman–Crippen LogP) is 5.43. The van der Waals surface area contributed by atoms with Crippen LogP contribution in [0.1, 0.15) is 54.4 Å². The molecule has 0 aliphatic carbocycles. The number of hydrogen-bond donors (Lipinski definition) is 2. The molecule has 0 radical (unpaired) electrons. The summed E-state index contributed by atoms with van der Waals surface area (Å²) in [5.41, 5.74) is 11.9. The first kappa shape index (κ1) is 26.9. The number of nitrogens with zero attached hydrogens (tertiary/aromatic N) is 2. The SMILES string of the molecule is CC(CC(=O)N1CCC(O)(CN2C=C(c3ccc(CN)cc3)C(c3ccccc3)=CC2)CC1)c1ccccc1. The number of nitrogens with two attached hydrogens (primary N) is 1. The molecule has 2 aliphatic rings. The highest BCUT2D eigenvalue weighted by Gasteiger charge is 2.36. The summed E-state index contributed by atoms with van der Waals surface area (Å²) in [5.74, 6) is 0.353. The van der Waals surface area contributed by atoms with Crippen LogP contribution in [0.3, 0.4) is 0 Å². The molecule has 1 fully saturated rings. The Morgan fingerprint density at radius 1 is 0.897 bits per heavy atom. The van der Waals surface area contributed by atoms with E-state index in [1.54, 1.807) is 0 Å². The number of hydrogen-bond acceptors (Lipinski definition) is 4. The minimum absolute atomic E-state index is 0.171. The largest absolute Gasteiger partial charge is 0.388 e. The second kappa shape index (κ2) is 12.0. The third-order valence-corrected chi connectivity index (χ3v) is 8.11. The topological polar surface area (TPSA) is 69.8 Å². The molecule has 0 saturated carbocycles. The number of β-amino-alcohol motifs (C(OH)–C–C–N with tert-alkyl or cyclic N) is 1. The van der Waals surface area contributed by atoms with Gasteiger partial charge in [0.1, 0.15) is 0 Å². The van der Waals surface area contributed by atoms with Gasteiger partial charge in [0, 0.05) is 50.9 Å². The van der Waals surface area contributed by atoms with Crippen molar-refractivity contribution in [2.24, 2.45) is 5.73 Å². The molecule has 1 atom stereocenters. The van der Waals surface area contributed by atoms with Crippen LogP contribution in [0.4, 0.5) is 0 Å². The second-order valence-electron chi connectivity index (χ2n) is 11.0. The molecule has 5 rings (SSSR count). The molecule has 202 valence electrons. The van der Waals surface area contributed by atoms with Gasteiger partial charge in [-0.2, -0.15) is 0 Å². The molecule has 3 aromatic rings. The van der Waals surface area contributed by atoms with E-state index in [2.05, 4.69) is 84.8 Å². The van der Waals surface area contributed by atoms with Crippen LogP contribution >= 0.6 is 0 Å². The van der Waals surface area contributed by atoms with Crippen molar-refractivity contribution in [1.82, 2.24) is 9.80 Å². The van der Waals surface area contributed by atoms with Crippen molar-refractivity contribution in [1.29, 1.82) is 0 Å². The van der Waals surface area contributed by atoms with E-state index >= 15 is 0 Å². The average molecular weight is 522 g/mol. The molecule has 5 nitrogen and oxygen atoms in total. The Morgan fingerprint density at radius 3 is 2.15 bits per heavy atom. The second-order valence-corrected chi connectivity index (χ2v) is 11.0.